The lowest BCUT2D eigenvalue weighted by Gasteiger charge is -2.11. The van der Waals surface area contributed by atoms with Gasteiger partial charge in [-0.15, -0.1) is 0 Å². The quantitative estimate of drug-likeness (QED) is 0.882. The first-order valence-corrected chi connectivity index (χ1v) is 6.39. The van der Waals surface area contributed by atoms with Crippen molar-refractivity contribution >= 4 is 17.6 Å². The summed E-state index contributed by atoms with van der Waals surface area (Å²) in [4.78, 5) is 24.0. The standard InChI is InChI=1S/C16H14FNO4/c1-21-14-8-7-10(17)9-12(14)15(19)18-13-6-4-3-5-11(13)16(20)22-2/h3-9H,1-2H3,(H,18,19). The van der Waals surface area contributed by atoms with E-state index in [1.54, 1.807) is 18.2 Å². The number of benzene rings is 2. The molecule has 6 heteroatoms. The van der Waals surface area contributed by atoms with Crippen molar-refractivity contribution in [3.05, 3.63) is 59.4 Å². The molecule has 0 aliphatic heterocycles. The van der Waals surface area contributed by atoms with E-state index < -0.39 is 17.7 Å². The van der Waals surface area contributed by atoms with Gasteiger partial charge in [0, 0.05) is 0 Å². The first-order valence-electron chi connectivity index (χ1n) is 6.39. The molecule has 0 aliphatic carbocycles. The van der Waals surface area contributed by atoms with Gasteiger partial charge < -0.3 is 14.8 Å². The third-order valence-corrected chi connectivity index (χ3v) is 2.99. The fraction of sp³-hybridized carbons (Fsp3) is 0.125. The number of amides is 1. The van der Waals surface area contributed by atoms with Crippen LogP contribution >= 0.6 is 0 Å². The van der Waals surface area contributed by atoms with E-state index in [0.29, 0.717) is 0 Å². The maximum atomic E-state index is 13.3. The molecule has 0 heterocycles. The zero-order valence-electron chi connectivity index (χ0n) is 12.1. The van der Waals surface area contributed by atoms with Crippen LogP contribution in [-0.4, -0.2) is 26.1 Å². The average Bonchev–Trinajstić information content (AvgIpc) is 2.54. The number of para-hydroxylation sites is 1. The van der Waals surface area contributed by atoms with Gasteiger partial charge in [0.2, 0.25) is 0 Å². The molecule has 0 aromatic heterocycles. The van der Waals surface area contributed by atoms with Crippen LogP contribution in [0, 0.1) is 5.82 Å². The Balaban J connectivity index is 2.34. The lowest BCUT2D eigenvalue weighted by molar-refractivity contribution is 0.0602. The van der Waals surface area contributed by atoms with Crippen LogP contribution < -0.4 is 10.1 Å². The van der Waals surface area contributed by atoms with Crippen molar-refractivity contribution in [2.45, 2.75) is 0 Å². The Morgan fingerprint density at radius 3 is 2.45 bits per heavy atom. The predicted molar refractivity (Wildman–Crippen MR) is 78.7 cm³/mol. The number of ether oxygens (including phenoxy) is 2. The number of rotatable bonds is 4. The number of methoxy groups -OCH3 is 2. The van der Waals surface area contributed by atoms with Crippen LogP contribution in [0.3, 0.4) is 0 Å². The summed E-state index contributed by atoms with van der Waals surface area (Å²) in [6, 6.07) is 9.99. The summed E-state index contributed by atoms with van der Waals surface area (Å²) < 4.78 is 23.0. The second-order valence-corrected chi connectivity index (χ2v) is 4.34. The molecule has 0 radical (unpaired) electrons. The van der Waals surface area contributed by atoms with Crippen LogP contribution in [0.2, 0.25) is 0 Å². The molecular weight excluding hydrogens is 289 g/mol. The minimum absolute atomic E-state index is 0.0298. The average molecular weight is 303 g/mol. The second-order valence-electron chi connectivity index (χ2n) is 4.34. The van der Waals surface area contributed by atoms with Gasteiger partial charge in [-0.05, 0) is 30.3 Å². The highest BCUT2D eigenvalue weighted by atomic mass is 19.1. The fourth-order valence-electron chi connectivity index (χ4n) is 1.93. The van der Waals surface area contributed by atoms with Crippen molar-refractivity contribution in [2.24, 2.45) is 0 Å². The topological polar surface area (TPSA) is 64.6 Å². The van der Waals surface area contributed by atoms with Crippen molar-refractivity contribution < 1.29 is 23.5 Å². The molecule has 5 nitrogen and oxygen atoms in total. The number of hydrogen-bond donors (Lipinski definition) is 1. The number of anilines is 1. The second kappa shape index (κ2) is 6.71. The minimum atomic E-state index is -0.590. The van der Waals surface area contributed by atoms with E-state index in [0.717, 1.165) is 6.07 Å². The van der Waals surface area contributed by atoms with Gasteiger partial charge in [-0.25, -0.2) is 9.18 Å². The van der Waals surface area contributed by atoms with E-state index in [9.17, 15) is 14.0 Å². The van der Waals surface area contributed by atoms with Crippen molar-refractivity contribution in [3.8, 4) is 5.75 Å². The molecule has 2 rings (SSSR count). The Kier molecular flexibility index (Phi) is 4.73. The number of carbonyl (C=O) groups is 2. The summed E-state index contributed by atoms with van der Waals surface area (Å²) in [6.45, 7) is 0. The number of esters is 1. The maximum absolute atomic E-state index is 13.3. The highest BCUT2D eigenvalue weighted by Crippen LogP contribution is 2.22. The molecule has 0 saturated heterocycles. The van der Waals surface area contributed by atoms with Crippen molar-refractivity contribution in [1.29, 1.82) is 0 Å². The molecule has 0 aliphatic rings. The largest absolute Gasteiger partial charge is 0.496 e. The third kappa shape index (κ3) is 3.22. The molecular formula is C16H14FNO4. The van der Waals surface area contributed by atoms with E-state index in [4.69, 9.17) is 4.74 Å². The van der Waals surface area contributed by atoms with Gasteiger partial charge in [0.25, 0.3) is 5.91 Å². The van der Waals surface area contributed by atoms with Gasteiger partial charge in [0.15, 0.2) is 0 Å². The van der Waals surface area contributed by atoms with Gasteiger partial charge in [-0.3, -0.25) is 4.79 Å². The smallest absolute Gasteiger partial charge is 0.339 e. The summed E-state index contributed by atoms with van der Waals surface area (Å²) in [7, 11) is 2.63. The van der Waals surface area contributed by atoms with Crippen LogP contribution in [0.1, 0.15) is 20.7 Å². The molecule has 0 bridgehead atoms. The highest BCUT2D eigenvalue weighted by molar-refractivity contribution is 6.09. The molecule has 0 saturated carbocycles. The SMILES string of the molecule is COC(=O)c1ccccc1NC(=O)c1cc(F)ccc1OC. The molecule has 0 unspecified atom stereocenters. The lowest BCUT2D eigenvalue weighted by Crippen LogP contribution is -2.16. The Bertz CT molecular complexity index is 715. The summed E-state index contributed by atoms with van der Waals surface area (Å²) in [6.07, 6.45) is 0. The molecule has 22 heavy (non-hydrogen) atoms. The normalized spacial score (nSPS) is 9.95. The van der Waals surface area contributed by atoms with Gasteiger partial charge in [-0.1, -0.05) is 12.1 Å². The van der Waals surface area contributed by atoms with Crippen LogP contribution in [0.4, 0.5) is 10.1 Å². The molecule has 0 atom stereocenters. The van der Waals surface area contributed by atoms with Gasteiger partial charge in [0.1, 0.15) is 11.6 Å². The Morgan fingerprint density at radius 1 is 1.05 bits per heavy atom. The number of carbonyl (C=O) groups excluding carboxylic acids is 2. The van der Waals surface area contributed by atoms with Crippen LogP contribution in [0.15, 0.2) is 42.5 Å². The summed E-state index contributed by atoms with van der Waals surface area (Å²) in [5, 5.41) is 2.56. The monoisotopic (exact) mass is 303 g/mol. The first-order chi connectivity index (χ1) is 10.6. The van der Waals surface area contributed by atoms with Crippen LogP contribution in [-0.2, 0) is 4.74 Å². The van der Waals surface area contributed by atoms with Gasteiger partial charge in [-0.2, -0.15) is 0 Å². The highest BCUT2D eigenvalue weighted by Gasteiger charge is 2.17. The Hall–Kier alpha value is -2.89. The zero-order valence-corrected chi connectivity index (χ0v) is 12.1. The Morgan fingerprint density at radius 2 is 1.77 bits per heavy atom. The predicted octanol–water partition coefficient (Wildman–Crippen LogP) is 2.87. The molecule has 2 aromatic rings. The van der Waals surface area contributed by atoms with Gasteiger partial charge >= 0.3 is 5.97 Å². The van der Waals surface area contributed by atoms with E-state index in [1.165, 1.54) is 32.4 Å². The maximum Gasteiger partial charge on any atom is 0.339 e. The summed E-state index contributed by atoms with van der Waals surface area (Å²) >= 11 is 0. The molecule has 0 spiro atoms. The van der Waals surface area contributed by atoms with Crippen LogP contribution in [0.25, 0.3) is 0 Å². The number of hydrogen-bond acceptors (Lipinski definition) is 4. The lowest BCUT2D eigenvalue weighted by atomic mass is 10.1. The number of nitrogens with one attached hydrogen (secondary N) is 1. The summed E-state index contributed by atoms with van der Waals surface area (Å²) in [5.41, 5.74) is 0.501. The van der Waals surface area contributed by atoms with Crippen LogP contribution in [0.5, 0.6) is 5.75 Å². The number of halogens is 1. The minimum Gasteiger partial charge on any atom is -0.496 e. The van der Waals surface area contributed by atoms with Crippen molar-refractivity contribution in [1.82, 2.24) is 0 Å². The summed E-state index contributed by atoms with van der Waals surface area (Å²) in [5.74, 6) is -1.50. The van der Waals surface area contributed by atoms with Crippen molar-refractivity contribution in [3.63, 3.8) is 0 Å². The molecule has 0 fully saturated rings. The van der Waals surface area contributed by atoms with E-state index in [1.807, 2.05) is 0 Å². The third-order valence-electron chi connectivity index (χ3n) is 2.99. The molecule has 2 aromatic carbocycles. The first kappa shape index (κ1) is 15.5. The van der Waals surface area contributed by atoms with E-state index in [2.05, 4.69) is 10.1 Å². The zero-order chi connectivity index (χ0) is 16.1. The molecule has 1 amide bonds. The Labute approximate surface area is 126 Å². The van der Waals surface area contributed by atoms with E-state index in [-0.39, 0.29) is 22.6 Å². The molecule has 1 N–H and O–H groups in total. The van der Waals surface area contributed by atoms with Gasteiger partial charge in [0.05, 0.1) is 31.0 Å². The fourth-order valence-corrected chi connectivity index (χ4v) is 1.93. The van der Waals surface area contributed by atoms with E-state index >= 15 is 0 Å². The van der Waals surface area contributed by atoms with Crippen molar-refractivity contribution in [2.75, 3.05) is 19.5 Å². The molecule has 114 valence electrons.